The van der Waals surface area contributed by atoms with Gasteiger partial charge in [-0.1, -0.05) is 162 Å². The Hall–Kier alpha value is -8.11. The van der Waals surface area contributed by atoms with E-state index in [0.29, 0.717) is 61.7 Å². The average molecular weight is 1200 g/mol. The van der Waals surface area contributed by atoms with Gasteiger partial charge >= 0.3 is 0 Å². The van der Waals surface area contributed by atoms with Crippen molar-refractivity contribution in [1.29, 1.82) is 0 Å². The minimum Gasteiger partial charge on any atom is -0.510 e. The van der Waals surface area contributed by atoms with E-state index >= 15 is 0 Å². The number of nitrogens with zero attached hydrogens (tertiary/aromatic N) is 4. The molecule has 0 unspecified atom stereocenters. The van der Waals surface area contributed by atoms with E-state index in [0.717, 1.165) is 55.4 Å². The van der Waals surface area contributed by atoms with Crippen molar-refractivity contribution in [2.45, 2.75) is 79.8 Å². The van der Waals surface area contributed by atoms with E-state index in [9.17, 15) is 0 Å². The predicted molar refractivity (Wildman–Crippen MR) is 317 cm³/mol. The predicted octanol–water partition coefficient (Wildman–Crippen LogP) is 18.1. The second-order valence-electron chi connectivity index (χ2n) is 22.0. The number of aromatic nitrogens is 4. The molecule has 3 aromatic heterocycles. The van der Waals surface area contributed by atoms with Gasteiger partial charge in [0.15, 0.2) is 0 Å². The van der Waals surface area contributed by atoms with Crippen molar-refractivity contribution in [3.8, 4) is 84.3 Å². The van der Waals surface area contributed by atoms with Gasteiger partial charge in [0.05, 0.1) is 16.7 Å². The van der Waals surface area contributed by atoms with Crippen LogP contribution in [0.2, 0.25) is 0 Å². The van der Waals surface area contributed by atoms with Crippen molar-refractivity contribution >= 4 is 32.8 Å². The molecule has 386 valence electrons. The third kappa shape index (κ3) is 8.42. The van der Waals surface area contributed by atoms with Crippen LogP contribution in [0.1, 0.15) is 91.4 Å². The molecule has 0 N–H and O–H groups in total. The summed E-state index contributed by atoms with van der Waals surface area (Å²) in [6.45, 7) is 1.76. The molecule has 1 aliphatic heterocycles. The van der Waals surface area contributed by atoms with Gasteiger partial charge in [0.1, 0.15) is 5.82 Å². The molecule has 0 amide bonds. The topological polar surface area (TPSA) is 35.9 Å². The smallest absolute Gasteiger partial charge is 0.268 e. The molecular formula is C72H60N4OPt-2. The molecule has 0 saturated carbocycles. The first-order chi connectivity index (χ1) is 41.9. The Morgan fingerprint density at radius 3 is 1.73 bits per heavy atom. The Morgan fingerprint density at radius 2 is 1.09 bits per heavy atom. The van der Waals surface area contributed by atoms with Gasteiger partial charge in [0.2, 0.25) is 0 Å². The van der Waals surface area contributed by atoms with Crippen molar-refractivity contribution in [3.63, 3.8) is 0 Å². The Morgan fingerprint density at radius 1 is 0.513 bits per heavy atom. The van der Waals surface area contributed by atoms with Crippen LogP contribution in [0.4, 0.5) is 0 Å². The van der Waals surface area contributed by atoms with E-state index in [1.165, 1.54) is 36.4 Å². The SMILES string of the molecule is [2H]C([2H])([2H])c1cccc(C([2H])([2H])[2H])c1-c1cc2c(c(C(C)(C)C)c1)-[n+]1[c-]n(-c3[c-]c(Oc4[c-]c5c(cc4)c4ccccc4n5-c4cc(C(C)(C)C)ccn4)ccc3)c3cc(-c4c(C([2H])([2H])[2H])cccc4C([2H])([2H])[2H])cc(c31)-c1ccccc1-c1ccccc1-2.[Pt]. The number of imidazole rings is 1. The summed E-state index contributed by atoms with van der Waals surface area (Å²) >= 11 is 0. The van der Waals surface area contributed by atoms with Gasteiger partial charge in [-0.15, -0.1) is 29.7 Å². The number of rotatable bonds is 6. The maximum atomic E-state index is 8.87. The third-order valence-electron chi connectivity index (χ3n) is 14.9. The summed E-state index contributed by atoms with van der Waals surface area (Å²) in [5.41, 5.74) is 9.46. The zero-order chi connectivity index (χ0) is 63.1. The van der Waals surface area contributed by atoms with Crippen molar-refractivity contribution in [3.05, 3.63) is 234 Å². The summed E-state index contributed by atoms with van der Waals surface area (Å²) in [6.07, 6.45) is 5.60. The number of pyridine rings is 1. The fraction of sp³-hybridized carbons (Fsp3) is 0.167. The largest absolute Gasteiger partial charge is 0.510 e. The third-order valence-corrected chi connectivity index (χ3v) is 14.9. The molecule has 78 heavy (non-hydrogen) atoms. The fourth-order valence-corrected chi connectivity index (χ4v) is 11.3. The summed E-state index contributed by atoms with van der Waals surface area (Å²) < 4.78 is 119. The fourth-order valence-electron chi connectivity index (χ4n) is 11.3. The Balaban J connectivity index is 0.00000785. The van der Waals surface area contributed by atoms with Crippen LogP contribution in [0.3, 0.4) is 0 Å². The summed E-state index contributed by atoms with van der Waals surface area (Å²) in [5.74, 6) is 1.46. The first-order valence-corrected chi connectivity index (χ1v) is 25.8. The first-order valence-electron chi connectivity index (χ1n) is 31.8. The molecule has 6 heteroatoms. The van der Waals surface area contributed by atoms with Gasteiger partial charge in [-0.2, -0.15) is 18.2 Å². The van der Waals surface area contributed by atoms with Crippen LogP contribution < -0.4 is 9.30 Å². The minimum atomic E-state index is -2.74. The van der Waals surface area contributed by atoms with Crippen LogP contribution in [0.25, 0.3) is 106 Å². The van der Waals surface area contributed by atoms with E-state index in [2.05, 4.69) is 62.0 Å². The number of para-hydroxylation sites is 1. The molecule has 0 fully saturated rings. The van der Waals surface area contributed by atoms with E-state index in [-0.39, 0.29) is 59.9 Å². The van der Waals surface area contributed by atoms with Gasteiger partial charge in [0, 0.05) is 60.7 Å². The minimum absolute atomic E-state index is 0. The summed E-state index contributed by atoms with van der Waals surface area (Å²) in [7, 11) is 0. The van der Waals surface area contributed by atoms with Crippen LogP contribution in [-0.2, 0) is 31.9 Å². The molecule has 9 aromatic carbocycles. The molecule has 12 aromatic rings. The van der Waals surface area contributed by atoms with Crippen molar-refractivity contribution in [2.24, 2.45) is 0 Å². The zero-order valence-corrected chi connectivity index (χ0v) is 46.1. The quantitative estimate of drug-likeness (QED) is 0.123. The van der Waals surface area contributed by atoms with Gasteiger partial charge in [-0.25, -0.2) is 4.98 Å². The molecule has 4 heterocycles. The zero-order valence-electron chi connectivity index (χ0n) is 55.8. The second kappa shape index (κ2) is 19.1. The van der Waals surface area contributed by atoms with Crippen LogP contribution in [0.5, 0.6) is 11.5 Å². The molecule has 1 aliphatic rings. The first kappa shape index (κ1) is 38.4. The summed E-state index contributed by atoms with van der Waals surface area (Å²) in [5, 5.41) is 1.98. The van der Waals surface area contributed by atoms with E-state index < -0.39 is 32.8 Å². The van der Waals surface area contributed by atoms with Gasteiger partial charge in [0.25, 0.3) is 6.33 Å². The van der Waals surface area contributed by atoms with Crippen LogP contribution in [0, 0.1) is 45.9 Å². The molecule has 0 aliphatic carbocycles. The molecule has 5 nitrogen and oxygen atoms in total. The Bertz CT molecular complexity index is 4800. The number of hydrogen-bond donors (Lipinski definition) is 0. The Kier molecular flexibility index (Phi) is 9.42. The molecule has 13 rings (SSSR count). The molecule has 0 spiro atoms. The van der Waals surface area contributed by atoms with E-state index in [1.54, 1.807) is 6.07 Å². The molecule has 0 atom stereocenters. The van der Waals surface area contributed by atoms with E-state index in [4.69, 9.17) is 26.2 Å². The monoisotopic (exact) mass is 1200 g/mol. The second-order valence-corrected chi connectivity index (χ2v) is 22.0. The van der Waals surface area contributed by atoms with Crippen LogP contribution >= 0.6 is 0 Å². The van der Waals surface area contributed by atoms with Crippen molar-refractivity contribution in [2.75, 3.05) is 0 Å². The maximum absolute atomic E-state index is 8.87. The number of aryl methyl sites for hydroxylation is 4. The van der Waals surface area contributed by atoms with Gasteiger partial charge in [-0.3, -0.25) is 4.57 Å². The van der Waals surface area contributed by atoms with Crippen molar-refractivity contribution < 1.29 is 46.8 Å². The number of benzene rings is 9. The normalized spacial score (nSPS) is 15.1. The molecule has 0 bridgehead atoms. The summed E-state index contributed by atoms with van der Waals surface area (Å²) in [4.78, 5) is 4.86. The molecule has 0 radical (unpaired) electrons. The molecule has 0 saturated heterocycles. The standard InChI is InChI=1S/C72H60N4O.Pt/c1-44-20-17-21-45(2)67(44)48-36-60-56-28-13-11-26-54(56)55-27-12-14-29-57(55)61-37-49(68-46(3)22-18-23-47(68)4)39-65-70(61)75(69(60)62(38-48)72(8,9)10)43-74(65)51-24-19-25-52(41-51)77-53-32-33-59-58-30-15-16-31-63(58)76(64(59)42-53)66-40-50(34-35-73-66)71(5,6)7;/h11-40H,1-10H3;/q-2;/i1D3,2D3,3D3,4D3;. The Labute approximate surface area is 489 Å². The van der Waals surface area contributed by atoms with Crippen molar-refractivity contribution in [1.82, 2.24) is 14.1 Å². The molecular weight excluding hydrogens is 1130 g/mol. The van der Waals surface area contributed by atoms with E-state index in [1.807, 2.05) is 151 Å². The number of hydrogen-bond acceptors (Lipinski definition) is 2. The summed E-state index contributed by atoms with van der Waals surface area (Å²) in [6, 6.07) is 60.8. The maximum Gasteiger partial charge on any atom is 0.268 e. The van der Waals surface area contributed by atoms with Crippen LogP contribution in [0.15, 0.2) is 182 Å². The number of fused-ring (bicyclic) bond motifs is 10. The number of ether oxygens (including phenoxy) is 1. The van der Waals surface area contributed by atoms with Gasteiger partial charge < -0.3 is 13.9 Å². The van der Waals surface area contributed by atoms with Gasteiger partial charge in [-0.05, 0) is 169 Å². The van der Waals surface area contributed by atoms with Crippen LogP contribution in [-0.4, -0.2) is 14.1 Å². The average Bonchev–Trinajstić information content (AvgIpc) is 1.49.